The van der Waals surface area contributed by atoms with Crippen molar-refractivity contribution in [2.75, 3.05) is 50.1 Å². The van der Waals surface area contributed by atoms with E-state index in [0.29, 0.717) is 44.0 Å². The summed E-state index contributed by atoms with van der Waals surface area (Å²) in [6.07, 6.45) is 1.73. The molecule has 1 aliphatic heterocycles. The quantitative estimate of drug-likeness (QED) is 0.256. The minimum atomic E-state index is -1.27. The summed E-state index contributed by atoms with van der Waals surface area (Å²) in [5.41, 5.74) is 3.14. The average molecular weight is 581 g/mol. The number of hydrogen-bond donors (Lipinski definition) is 0. The summed E-state index contributed by atoms with van der Waals surface area (Å²) in [6, 6.07) is 14.6. The van der Waals surface area contributed by atoms with Gasteiger partial charge < -0.3 is 24.2 Å². The first-order valence-electron chi connectivity index (χ1n) is 13.7. The highest BCUT2D eigenvalue weighted by atomic mass is 32.1. The van der Waals surface area contributed by atoms with Gasteiger partial charge in [0.1, 0.15) is 11.9 Å². The van der Waals surface area contributed by atoms with Crippen LogP contribution in [0.2, 0.25) is 25.7 Å². The molecule has 8 nitrogen and oxygen atoms in total. The van der Waals surface area contributed by atoms with E-state index in [2.05, 4.69) is 29.5 Å². The second-order valence-corrected chi connectivity index (χ2v) is 18.1. The van der Waals surface area contributed by atoms with E-state index in [0.717, 1.165) is 28.0 Å². The molecule has 3 aromatic rings. The number of thiophene rings is 1. The third kappa shape index (κ3) is 7.63. The molecular weight excluding hydrogens is 541 g/mol. The molecule has 1 aliphatic rings. The lowest BCUT2D eigenvalue weighted by molar-refractivity contribution is 0.0989. The Morgan fingerprint density at radius 1 is 1.18 bits per heavy atom. The third-order valence-corrected chi connectivity index (χ3v) is 9.62. The van der Waals surface area contributed by atoms with E-state index in [4.69, 9.17) is 9.47 Å². The van der Waals surface area contributed by atoms with Crippen LogP contribution in [-0.4, -0.2) is 70.3 Å². The zero-order valence-corrected chi connectivity index (χ0v) is 26.2. The molecule has 0 aliphatic carbocycles. The molecule has 3 heterocycles. The number of hydrogen-bond acceptors (Lipinski definition) is 7. The van der Waals surface area contributed by atoms with Gasteiger partial charge in [0, 0.05) is 76.7 Å². The second-order valence-electron chi connectivity index (χ2n) is 11.5. The predicted octanol–water partition coefficient (Wildman–Crippen LogP) is 6.46. The van der Waals surface area contributed by atoms with E-state index in [9.17, 15) is 9.59 Å². The topological polar surface area (TPSA) is 75.2 Å². The van der Waals surface area contributed by atoms with E-state index in [1.165, 1.54) is 0 Å². The number of carbonyl (C=O) groups excluding carboxylic acids is 2. The Morgan fingerprint density at radius 3 is 2.70 bits per heavy atom. The van der Waals surface area contributed by atoms with Crippen LogP contribution >= 0.6 is 11.3 Å². The van der Waals surface area contributed by atoms with Gasteiger partial charge in [0.25, 0.3) is 5.91 Å². The third-order valence-electron chi connectivity index (χ3n) is 6.95. The standard InChI is InChI=1S/C30H40N4O4SSi/c1-22-19-26-25(21-31-22)29(35)34(15-14-32(26)2)23-9-7-10-24(20-23)38-27(28-11-8-17-39-28)12-13-33(3)30(36)37-16-18-40(4,5)6/h7-11,17,19-21,27H,12-16,18H2,1-6H3. The molecule has 2 aromatic heterocycles. The van der Waals surface area contributed by atoms with Gasteiger partial charge in [-0.05, 0) is 42.6 Å². The van der Waals surface area contributed by atoms with Crippen molar-refractivity contribution in [1.29, 1.82) is 0 Å². The van der Waals surface area contributed by atoms with Gasteiger partial charge in [-0.2, -0.15) is 0 Å². The van der Waals surface area contributed by atoms with E-state index < -0.39 is 8.07 Å². The van der Waals surface area contributed by atoms with Gasteiger partial charge in [0.05, 0.1) is 17.9 Å². The Hall–Kier alpha value is -3.37. The number of carbonyl (C=O) groups is 2. The molecule has 0 fully saturated rings. The van der Waals surface area contributed by atoms with Gasteiger partial charge in [0.15, 0.2) is 0 Å². The van der Waals surface area contributed by atoms with Gasteiger partial charge in [-0.25, -0.2) is 4.79 Å². The number of benzene rings is 1. The van der Waals surface area contributed by atoms with Crippen molar-refractivity contribution in [2.24, 2.45) is 0 Å². The Labute approximate surface area is 242 Å². The minimum Gasteiger partial charge on any atom is -0.485 e. The molecule has 1 atom stereocenters. The molecule has 1 unspecified atom stereocenters. The zero-order valence-electron chi connectivity index (χ0n) is 24.3. The molecule has 0 spiro atoms. The Kier molecular flexibility index (Phi) is 9.52. The summed E-state index contributed by atoms with van der Waals surface area (Å²) in [5, 5.41) is 2.02. The number of rotatable bonds is 10. The normalized spacial score (nSPS) is 14.4. The summed E-state index contributed by atoms with van der Waals surface area (Å²) >= 11 is 1.62. The molecule has 0 saturated carbocycles. The predicted molar refractivity (Wildman–Crippen MR) is 165 cm³/mol. The lowest BCUT2D eigenvalue weighted by Gasteiger charge is -2.24. The maximum Gasteiger partial charge on any atom is 0.409 e. The monoisotopic (exact) mass is 580 g/mol. The number of pyridine rings is 1. The number of likely N-dealkylation sites (N-methyl/N-ethyl adjacent to an activating group) is 1. The fourth-order valence-corrected chi connectivity index (χ4v) is 5.97. The van der Waals surface area contributed by atoms with Crippen LogP contribution in [0.25, 0.3) is 0 Å². The molecule has 0 N–H and O–H groups in total. The van der Waals surface area contributed by atoms with Crippen LogP contribution in [0, 0.1) is 6.92 Å². The number of amides is 2. The smallest absolute Gasteiger partial charge is 0.409 e. The van der Waals surface area contributed by atoms with E-state index in [1.54, 1.807) is 34.4 Å². The van der Waals surface area contributed by atoms with Crippen molar-refractivity contribution in [3.05, 3.63) is 70.2 Å². The second kappa shape index (κ2) is 12.9. The highest BCUT2D eigenvalue weighted by molar-refractivity contribution is 7.10. The number of aromatic nitrogens is 1. The molecule has 40 heavy (non-hydrogen) atoms. The largest absolute Gasteiger partial charge is 0.485 e. The molecule has 1 aromatic carbocycles. The zero-order chi connectivity index (χ0) is 28.9. The van der Waals surface area contributed by atoms with Crippen LogP contribution in [0.3, 0.4) is 0 Å². The molecule has 10 heteroatoms. The van der Waals surface area contributed by atoms with Gasteiger partial charge >= 0.3 is 6.09 Å². The summed E-state index contributed by atoms with van der Waals surface area (Å²) in [5.74, 6) is 0.594. The Morgan fingerprint density at radius 2 is 1.98 bits per heavy atom. The first-order valence-corrected chi connectivity index (χ1v) is 18.3. The molecule has 2 amide bonds. The summed E-state index contributed by atoms with van der Waals surface area (Å²) in [7, 11) is 2.50. The summed E-state index contributed by atoms with van der Waals surface area (Å²) in [4.78, 5) is 37.0. The van der Waals surface area contributed by atoms with Crippen molar-refractivity contribution < 1.29 is 19.1 Å². The SMILES string of the molecule is Cc1cc2c(cn1)C(=O)N(c1cccc(OC(CCN(C)C(=O)OCC[Si](C)(C)C)c3cccs3)c1)CCN2C. The first-order chi connectivity index (χ1) is 19.0. The molecule has 0 bridgehead atoms. The number of aryl methyl sites for hydroxylation is 1. The number of fused-ring (bicyclic) bond motifs is 1. The van der Waals surface area contributed by atoms with Crippen molar-refractivity contribution >= 4 is 42.8 Å². The fourth-order valence-electron chi connectivity index (χ4n) is 4.47. The minimum absolute atomic E-state index is 0.0759. The average Bonchev–Trinajstić information content (AvgIpc) is 3.41. The lowest BCUT2D eigenvalue weighted by Crippen LogP contribution is -2.33. The van der Waals surface area contributed by atoms with Crippen molar-refractivity contribution in [1.82, 2.24) is 9.88 Å². The van der Waals surface area contributed by atoms with Crippen molar-refractivity contribution in [2.45, 2.75) is 45.1 Å². The van der Waals surface area contributed by atoms with Crippen LogP contribution in [-0.2, 0) is 4.74 Å². The first kappa shape index (κ1) is 29.6. The fraction of sp³-hybridized carbons (Fsp3) is 0.433. The maximum atomic E-state index is 13.6. The van der Waals surface area contributed by atoms with Crippen LogP contribution in [0.4, 0.5) is 16.2 Å². The summed E-state index contributed by atoms with van der Waals surface area (Å²) < 4.78 is 12.0. The van der Waals surface area contributed by atoms with E-state index >= 15 is 0 Å². The Bertz CT molecular complexity index is 1310. The van der Waals surface area contributed by atoms with Gasteiger partial charge in [0.2, 0.25) is 0 Å². The summed E-state index contributed by atoms with van der Waals surface area (Å²) in [6.45, 7) is 10.9. The van der Waals surface area contributed by atoms with Gasteiger partial charge in [-0.1, -0.05) is 31.8 Å². The number of ether oxygens (including phenoxy) is 2. The molecule has 214 valence electrons. The highest BCUT2D eigenvalue weighted by Crippen LogP contribution is 2.32. The van der Waals surface area contributed by atoms with Crippen LogP contribution in [0.15, 0.2) is 54.0 Å². The number of nitrogens with zero attached hydrogens (tertiary/aromatic N) is 4. The van der Waals surface area contributed by atoms with Gasteiger partial charge in [-0.3, -0.25) is 9.78 Å². The lowest BCUT2D eigenvalue weighted by atomic mass is 10.1. The Balaban J connectivity index is 1.46. The van der Waals surface area contributed by atoms with Crippen LogP contribution < -0.4 is 14.5 Å². The van der Waals surface area contributed by atoms with Gasteiger partial charge in [-0.15, -0.1) is 11.3 Å². The van der Waals surface area contributed by atoms with Crippen molar-refractivity contribution in [3.63, 3.8) is 0 Å². The molecule has 4 rings (SSSR count). The molecular formula is C30H40N4O4SSi. The van der Waals surface area contributed by atoms with Crippen LogP contribution in [0.5, 0.6) is 5.75 Å². The number of anilines is 2. The van der Waals surface area contributed by atoms with Crippen LogP contribution in [0.1, 0.15) is 33.5 Å². The highest BCUT2D eigenvalue weighted by Gasteiger charge is 2.27. The van der Waals surface area contributed by atoms with E-state index in [1.807, 2.05) is 61.8 Å². The van der Waals surface area contributed by atoms with Crippen molar-refractivity contribution in [3.8, 4) is 5.75 Å². The molecule has 0 saturated heterocycles. The molecule has 0 radical (unpaired) electrons. The van der Waals surface area contributed by atoms with E-state index in [-0.39, 0.29) is 18.1 Å². The maximum absolute atomic E-state index is 13.6.